The van der Waals surface area contributed by atoms with Crippen molar-refractivity contribution in [3.8, 4) is 11.1 Å². The number of ether oxygens (including phenoxy) is 2. The van der Waals surface area contributed by atoms with Gasteiger partial charge in [0.25, 0.3) is 5.91 Å². The van der Waals surface area contributed by atoms with E-state index < -0.39 is 33.7 Å². The second-order valence-electron chi connectivity index (χ2n) is 11.5. The summed E-state index contributed by atoms with van der Waals surface area (Å²) in [6.07, 6.45) is 3.39. The van der Waals surface area contributed by atoms with Crippen molar-refractivity contribution in [3.05, 3.63) is 71.1 Å². The average molecular weight is 656 g/mol. The highest BCUT2D eigenvalue weighted by atomic mass is 35.5. The number of hydrogen-bond acceptors (Lipinski definition) is 8. The molecule has 1 aliphatic heterocycles. The fourth-order valence-electron chi connectivity index (χ4n) is 5.34. The number of morpholine rings is 1. The van der Waals surface area contributed by atoms with E-state index >= 15 is 0 Å². The monoisotopic (exact) mass is 655 g/mol. The summed E-state index contributed by atoms with van der Waals surface area (Å²) in [6.45, 7) is 10.2. The number of amides is 1. The number of nitrogens with one attached hydrogen (secondary N) is 1. The number of nitrogens with zero attached hydrogens (tertiary/aromatic N) is 4. The van der Waals surface area contributed by atoms with Gasteiger partial charge in [0.1, 0.15) is 5.69 Å². The Balaban J connectivity index is 1.27. The van der Waals surface area contributed by atoms with Crippen LogP contribution in [-0.2, 0) is 37.7 Å². The molecule has 0 spiro atoms. The first kappa shape index (κ1) is 32.7. The van der Waals surface area contributed by atoms with Crippen molar-refractivity contribution in [1.29, 1.82) is 0 Å². The smallest absolute Gasteiger partial charge is 0.321 e. The Bertz CT molecular complexity index is 1790. The van der Waals surface area contributed by atoms with Crippen LogP contribution in [0.15, 0.2) is 59.8 Å². The summed E-state index contributed by atoms with van der Waals surface area (Å²) in [6, 6.07) is 11.3. The molecular formula is C32H38ClN5O6S. The van der Waals surface area contributed by atoms with E-state index in [1.54, 1.807) is 38.2 Å². The highest BCUT2D eigenvalue weighted by molar-refractivity contribution is 7.92. The second-order valence-corrected chi connectivity index (χ2v) is 13.9. The lowest BCUT2D eigenvalue weighted by atomic mass is 10.1. The molecule has 1 aliphatic rings. The van der Waals surface area contributed by atoms with Crippen LogP contribution in [0.5, 0.6) is 0 Å². The van der Waals surface area contributed by atoms with Gasteiger partial charge >= 0.3 is 5.97 Å². The molecule has 2 aromatic carbocycles. The van der Waals surface area contributed by atoms with E-state index in [2.05, 4.69) is 15.3 Å². The average Bonchev–Trinajstić information content (AvgIpc) is 3.59. The topological polar surface area (TPSA) is 125 Å². The van der Waals surface area contributed by atoms with Gasteiger partial charge in [-0.25, -0.2) is 8.42 Å². The molecule has 1 atom stereocenters. The van der Waals surface area contributed by atoms with Gasteiger partial charge < -0.3 is 19.4 Å². The molecule has 5 rings (SSSR count). The maximum atomic E-state index is 13.4. The summed E-state index contributed by atoms with van der Waals surface area (Å²) in [4.78, 5) is 27.6. The minimum atomic E-state index is -3.86. The van der Waals surface area contributed by atoms with E-state index in [-0.39, 0.29) is 10.8 Å². The number of halogens is 1. The minimum Gasteiger partial charge on any atom is -0.462 e. The van der Waals surface area contributed by atoms with E-state index in [4.69, 9.17) is 21.1 Å². The Hall–Kier alpha value is -3.71. The first-order valence-electron chi connectivity index (χ1n) is 14.9. The molecule has 240 valence electrons. The predicted molar refractivity (Wildman–Crippen MR) is 172 cm³/mol. The van der Waals surface area contributed by atoms with E-state index in [0.717, 1.165) is 61.4 Å². The highest BCUT2D eigenvalue weighted by Crippen LogP contribution is 2.33. The molecule has 4 aromatic rings. The number of rotatable bonds is 11. The third-order valence-electron chi connectivity index (χ3n) is 7.82. The second kappa shape index (κ2) is 13.7. The lowest BCUT2D eigenvalue weighted by Gasteiger charge is -2.26. The Kier molecular flexibility index (Phi) is 9.97. The largest absolute Gasteiger partial charge is 0.462 e. The van der Waals surface area contributed by atoms with Crippen LogP contribution in [0.1, 0.15) is 42.9 Å². The van der Waals surface area contributed by atoms with E-state index in [1.165, 1.54) is 12.1 Å². The normalized spacial score (nSPS) is 15.0. The lowest BCUT2D eigenvalue weighted by Crippen LogP contribution is -2.38. The molecule has 45 heavy (non-hydrogen) atoms. The van der Waals surface area contributed by atoms with Crippen molar-refractivity contribution in [2.24, 2.45) is 7.05 Å². The molecule has 1 saturated heterocycles. The molecule has 0 bridgehead atoms. The highest BCUT2D eigenvalue weighted by Gasteiger charge is 2.23. The fourth-order valence-corrected chi connectivity index (χ4v) is 6.72. The molecule has 2 aromatic heterocycles. The third kappa shape index (κ3) is 7.75. The number of aromatic nitrogens is 3. The third-order valence-corrected chi connectivity index (χ3v) is 9.74. The summed E-state index contributed by atoms with van der Waals surface area (Å²) < 4.78 is 39.4. The summed E-state index contributed by atoms with van der Waals surface area (Å²) in [5, 5.41) is 8.91. The van der Waals surface area contributed by atoms with Gasteiger partial charge in [-0.2, -0.15) is 5.10 Å². The summed E-state index contributed by atoms with van der Waals surface area (Å²) >= 11 is 6.71. The molecule has 3 heterocycles. The lowest BCUT2D eigenvalue weighted by molar-refractivity contribution is -0.144. The molecule has 1 N–H and O–H groups in total. The van der Waals surface area contributed by atoms with Gasteiger partial charge in [-0.05, 0) is 56.7 Å². The number of aryl methyl sites for hydroxylation is 1. The Morgan fingerprint density at radius 3 is 2.47 bits per heavy atom. The quantitative estimate of drug-likeness (QED) is 0.238. The molecule has 1 amide bonds. The van der Waals surface area contributed by atoms with Crippen LogP contribution in [0.3, 0.4) is 0 Å². The first-order chi connectivity index (χ1) is 21.4. The zero-order valence-electron chi connectivity index (χ0n) is 25.8. The van der Waals surface area contributed by atoms with Crippen LogP contribution in [0.4, 0.5) is 0 Å². The van der Waals surface area contributed by atoms with Crippen LogP contribution in [0, 0.1) is 0 Å². The fraction of sp³-hybridized carbons (Fsp3) is 0.406. The maximum absolute atomic E-state index is 13.4. The molecule has 0 radical (unpaired) electrons. The van der Waals surface area contributed by atoms with E-state index in [0.29, 0.717) is 16.3 Å². The predicted octanol–water partition coefficient (Wildman–Crippen LogP) is 4.24. The number of esters is 1. The van der Waals surface area contributed by atoms with Crippen LogP contribution < -0.4 is 5.32 Å². The molecule has 0 aliphatic carbocycles. The van der Waals surface area contributed by atoms with Gasteiger partial charge in [-0.15, -0.1) is 0 Å². The van der Waals surface area contributed by atoms with E-state index in [1.807, 2.05) is 41.5 Å². The van der Waals surface area contributed by atoms with Gasteiger partial charge in [0.15, 0.2) is 15.6 Å². The zero-order valence-corrected chi connectivity index (χ0v) is 27.4. The SMILES string of the molecule is CC(C)OC(=O)CS(=O)(=O)c1ccc([C@@H](C)NC(=O)c2cc3cc(Cl)c(-c4cnn(CCN5CCOCC5)c4)cc3n2C)cc1. The molecule has 0 saturated carbocycles. The van der Waals surface area contributed by atoms with Crippen molar-refractivity contribution < 1.29 is 27.5 Å². The number of hydrogen-bond donors (Lipinski definition) is 1. The maximum Gasteiger partial charge on any atom is 0.321 e. The van der Waals surface area contributed by atoms with Gasteiger partial charge in [0.2, 0.25) is 0 Å². The van der Waals surface area contributed by atoms with Gasteiger partial charge in [0, 0.05) is 59.9 Å². The molecule has 1 fully saturated rings. The Morgan fingerprint density at radius 1 is 1.07 bits per heavy atom. The van der Waals surface area contributed by atoms with Gasteiger partial charge in [-0.3, -0.25) is 19.2 Å². The number of benzene rings is 2. The number of sulfone groups is 1. The molecular weight excluding hydrogens is 618 g/mol. The minimum absolute atomic E-state index is 0.00879. The summed E-state index contributed by atoms with van der Waals surface area (Å²) in [5.74, 6) is -1.82. The Morgan fingerprint density at radius 2 is 1.78 bits per heavy atom. The number of carbonyl (C=O) groups excluding carboxylic acids is 2. The molecule has 0 unspecified atom stereocenters. The first-order valence-corrected chi connectivity index (χ1v) is 16.9. The molecule has 13 heteroatoms. The van der Waals surface area contributed by atoms with Crippen LogP contribution in [0.2, 0.25) is 5.02 Å². The summed E-state index contributed by atoms with van der Waals surface area (Å²) in [5.41, 5.74) is 3.73. The number of carbonyl (C=O) groups is 2. The van der Waals surface area contributed by atoms with Crippen molar-refractivity contribution in [2.75, 3.05) is 38.6 Å². The Labute approximate surface area is 268 Å². The van der Waals surface area contributed by atoms with Gasteiger partial charge in [-0.1, -0.05) is 23.7 Å². The van der Waals surface area contributed by atoms with Gasteiger partial charge in [0.05, 0.1) is 43.0 Å². The van der Waals surface area contributed by atoms with Crippen LogP contribution in [0.25, 0.3) is 22.0 Å². The van der Waals surface area contributed by atoms with Crippen molar-refractivity contribution >= 4 is 44.2 Å². The number of fused-ring (bicyclic) bond motifs is 1. The molecule has 11 nitrogen and oxygen atoms in total. The van der Waals surface area contributed by atoms with Crippen molar-refractivity contribution in [1.82, 2.24) is 24.6 Å². The van der Waals surface area contributed by atoms with Crippen molar-refractivity contribution in [3.63, 3.8) is 0 Å². The zero-order chi connectivity index (χ0) is 32.3. The van der Waals surface area contributed by atoms with Crippen LogP contribution in [-0.4, -0.2) is 84.2 Å². The van der Waals surface area contributed by atoms with E-state index in [9.17, 15) is 18.0 Å². The van der Waals surface area contributed by atoms with Crippen LogP contribution >= 0.6 is 11.6 Å². The summed E-state index contributed by atoms with van der Waals surface area (Å²) in [7, 11) is -2.03. The standard InChI is InChI=1S/C32H38ClN5O6S/c1-21(2)44-31(39)20-45(41,42)26-7-5-23(6-8-26)22(3)35-32(40)30-16-24-15-28(33)27(17-29(24)36(30)4)25-18-34-38(19-25)10-9-37-11-13-43-14-12-37/h5-8,15-19,21-22H,9-14,20H2,1-4H3,(H,35,40)/t22-/m1/s1. The van der Waals surface area contributed by atoms with Crippen molar-refractivity contribution in [2.45, 2.75) is 44.4 Å².